The zero-order valence-corrected chi connectivity index (χ0v) is 21.1. The van der Waals surface area contributed by atoms with Gasteiger partial charge in [-0.25, -0.2) is 0 Å². The first kappa shape index (κ1) is 21.9. The average Bonchev–Trinajstić information content (AvgIpc) is 3.42. The lowest BCUT2D eigenvalue weighted by molar-refractivity contribution is -0.659. The molecule has 3 heterocycles. The molecule has 0 aliphatic carbocycles. The number of rotatable bonds is 5. The number of benzene rings is 4. The summed E-state index contributed by atoms with van der Waals surface area (Å²) in [6.45, 7) is 1.02. The van der Waals surface area contributed by atoms with Gasteiger partial charge >= 0.3 is 0 Å². The van der Waals surface area contributed by atoms with Crippen LogP contribution in [0.5, 0.6) is 34.5 Å². The van der Waals surface area contributed by atoms with Crippen LogP contribution in [0.15, 0.2) is 48.5 Å². The molecule has 1 aromatic heterocycles. The fourth-order valence-electron chi connectivity index (χ4n) is 6.02. The minimum atomic E-state index is 0.226. The Labute approximate surface area is 213 Å². The lowest BCUT2D eigenvalue weighted by Gasteiger charge is -2.22. The van der Waals surface area contributed by atoms with Crippen LogP contribution in [0.2, 0.25) is 0 Å². The second-order valence-corrected chi connectivity index (χ2v) is 9.20. The molecular weight excluding hydrogens is 470 g/mol. The van der Waals surface area contributed by atoms with Crippen molar-refractivity contribution in [1.82, 2.24) is 0 Å². The van der Waals surface area contributed by atoms with Crippen LogP contribution < -0.4 is 33.0 Å². The molecule has 0 saturated heterocycles. The number of fused-ring (bicyclic) bond motifs is 3. The van der Waals surface area contributed by atoms with Crippen LogP contribution >= 0.6 is 0 Å². The van der Waals surface area contributed by atoms with E-state index in [0.29, 0.717) is 11.5 Å². The highest BCUT2D eigenvalue weighted by Crippen LogP contribution is 2.48. The Morgan fingerprint density at radius 1 is 0.676 bits per heavy atom. The fourth-order valence-corrected chi connectivity index (χ4v) is 6.02. The topological polar surface area (TPSA) is 59.3 Å². The first-order chi connectivity index (χ1) is 18.2. The number of ether oxygens (including phenoxy) is 6. The zero-order chi connectivity index (χ0) is 25.3. The molecule has 7 rings (SSSR count). The Balaban J connectivity index is 1.71. The third-order valence-corrected chi connectivity index (χ3v) is 7.56. The number of methoxy groups -OCH3 is 4. The summed E-state index contributed by atoms with van der Waals surface area (Å²) in [5, 5.41) is 5.44. The van der Waals surface area contributed by atoms with E-state index in [-0.39, 0.29) is 6.79 Å². The lowest BCUT2D eigenvalue weighted by Crippen LogP contribution is -2.41. The quantitative estimate of drug-likeness (QED) is 0.239. The van der Waals surface area contributed by atoms with E-state index in [1.807, 2.05) is 12.1 Å². The molecule has 0 atom stereocenters. The molecule has 7 heteroatoms. The predicted octanol–water partition coefficient (Wildman–Crippen LogP) is 5.42. The molecule has 0 bridgehead atoms. The Kier molecular flexibility index (Phi) is 4.76. The molecule has 0 spiro atoms. The van der Waals surface area contributed by atoms with Crippen molar-refractivity contribution in [2.24, 2.45) is 0 Å². The lowest BCUT2D eigenvalue weighted by atomic mass is 9.90. The van der Waals surface area contributed by atoms with Gasteiger partial charge in [-0.2, -0.15) is 4.57 Å². The van der Waals surface area contributed by atoms with Crippen LogP contribution in [-0.2, 0) is 13.0 Å². The normalized spacial score (nSPS) is 13.5. The fraction of sp³-hybridized carbons (Fsp3) is 0.233. The van der Waals surface area contributed by atoms with Crippen LogP contribution in [0.1, 0.15) is 5.56 Å². The SMILES string of the molecule is COc1cc2c3c(ccc4c5ccc(OC)c(OC)c5c(-c5ccc6c(c5)OCO6)[n+](c43)CC2)c1OC. The molecule has 186 valence electrons. The summed E-state index contributed by atoms with van der Waals surface area (Å²) in [5.74, 6) is 4.38. The van der Waals surface area contributed by atoms with E-state index in [9.17, 15) is 0 Å². The monoisotopic (exact) mass is 496 g/mol. The van der Waals surface area contributed by atoms with Gasteiger partial charge in [0.15, 0.2) is 41.0 Å². The molecule has 0 unspecified atom stereocenters. The van der Waals surface area contributed by atoms with Crippen molar-refractivity contribution in [1.29, 1.82) is 0 Å². The highest BCUT2D eigenvalue weighted by atomic mass is 16.7. The molecule has 0 saturated carbocycles. The molecule has 2 aliphatic heterocycles. The summed E-state index contributed by atoms with van der Waals surface area (Å²) in [6, 6.07) is 16.6. The third kappa shape index (κ3) is 2.91. The van der Waals surface area contributed by atoms with Crippen molar-refractivity contribution in [3.05, 3.63) is 54.1 Å². The predicted molar refractivity (Wildman–Crippen MR) is 141 cm³/mol. The van der Waals surface area contributed by atoms with Crippen molar-refractivity contribution in [3.8, 4) is 45.8 Å². The molecule has 0 N–H and O–H groups in total. The van der Waals surface area contributed by atoms with E-state index < -0.39 is 0 Å². The van der Waals surface area contributed by atoms with E-state index in [4.69, 9.17) is 28.4 Å². The Hall–Kier alpha value is -4.39. The van der Waals surface area contributed by atoms with Gasteiger partial charge in [0.2, 0.25) is 18.0 Å². The van der Waals surface area contributed by atoms with Crippen molar-refractivity contribution >= 4 is 32.4 Å². The van der Waals surface area contributed by atoms with Crippen LogP contribution in [0.25, 0.3) is 43.7 Å². The van der Waals surface area contributed by atoms with Gasteiger partial charge in [0.1, 0.15) is 5.39 Å². The minimum absolute atomic E-state index is 0.226. The summed E-state index contributed by atoms with van der Waals surface area (Å²) in [5.41, 5.74) is 4.47. The number of hydrogen-bond acceptors (Lipinski definition) is 6. The second kappa shape index (κ2) is 8.06. The molecule has 37 heavy (non-hydrogen) atoms. The van der Waals surface area contributed by atoms with Gasteiger partial charge in [-0.3, -0.25) is 0 Å². The molecule has 0 radical (unpaired) electrons. The maximum Gasteiger partial charge on any atom is 0.231 e. The summed E-state index contributed by atoms with van der Waals surface area (Å²) in [4.78, 5) is 0. The van der Waals surface area contributed by atoms with Gasteiger partial charge in [-0.1, -0.05) is 0 Å². The molecular formula is C30H26NO6+. The van der Waals surface area contributed by atoms with E-state index in [2.05, 4.69) is 41.0 Å². The van der Waals surface area contributed by atoms with Gasteiger partial charge in [0.25, 0.3) is 0 Å². The summed E-state index contributed by atoms with van der Waals surface area (Å²) >= 11 is 0. The minimum Gasteiger partial charge on any atom is -0.493 e. The highest BCUT2D eigenvalue weighted by molar-refractivity contribution is 6.19. The molecule has 0 fully saturated rings. The van der Waals surface area contributed by atoms with Gasteiger partial charge in [-0.05, 0) is 54.1 Å². The number of pyridine rings is 1. The van der Waals surface area contributed by atoms with Crippen molar-refractivity contribution in [2.45, 2.75) is 13.0 Å². The number of aryl methyl sites for hydroxylation is 2. The Bertz CT molecular complexity index is 1760. The number of aromatic nitrogens is 1. The molecule has 2 aliphatic rings. The van der Waals surface area contributed by atoms with Gasteiger partial charge in [0.05, 0.1) is 44.8 Å². The van der Waals surface area contributed by atoms with Gasteiger partial charge in [0, 0.05) is 17.2 Å². The van der Waals surface area contributed by atoms with Gasteiger partial charge in [-0.15, -0.1) is 0 Å². The van der Waals surface area contributed by atoms with E-state index in [0.717, 1.165) is 74.3 Å². The number of nitrogens with zero attached hydrogens (tertiary/aromatic N) is 1. The summed E-state index contributed by atoms with van der Waals surface area (Å²) < 4.78 is 37.0. The molecule has 7 nitrogen and oxygen atoms in total. The number of hydrogen-bond donors (Lipinski definition) is 0. The van der Waals surface area contributed by atoms with E-state index >= 15 is 0 Å². The maximum atomic E-state index is 5.99. The average molecular weight is 497 g/mol. The van der Waals surface area contributed by atoms with Crippen LogP contribution in [-0.4, -0.2) is 35.2 Å². The standard InChI is InChI=1S/C30H26NO6/c1-32-22-10-8-18-19-6-7-20-25-16(13-24(33-2)29(20)34-3)11-12-31(28(19)25)27(26(18)30(22)35-4)17-5-9-21-23(14-17)37-15-36-21/h5-10,13-14H,11-12,15H2,1-4H3/q+1. The van der Waals surface area contributed by atoms with E-state index in [1.54, 1.807) is 28.4 Å². The van der Waals surface area contributed by atoms with Crippen molar-refractivity contribution < 1.29 is 33.0 Å². The Morgan fingerprint density at radius 3 is 2.22 bits per heavy atom. The summed E-state index contributed by atoms with van der Waals surface area (Å²) in [6.07, 6.45) is 0.850. The smallest absolute Gasteiger partial charge is 0.231 e. The molecule has 5 aromatic rings. The second-order valence-electron chi connectivity index (χ2n) is 9.20. The van der Waals surface area contributed by atoms with E-state index in [1.165, 1.54) is 10.9 Å². The van der Waals surface area contributed by atoms with Crippen LogP contribution in [0, 0.1) is 0 Å². The first-order valence-electron chi connectivity index (χ1n) is 12.2. The van der Waals surface area contributed by atoms with Gasteiger partial charge < -0.3 is 28.4 Å². The molecule has 4 aromatic carbocycles. The Morgan fingerprint density at radius 2 is 1.43 bits per heavy atom. The van der Waals surface area contributed by atoms with Crippen LogP contribution in [0.4, 0.5) is 0 Å². The first-order valence-corrected chi connectivity index (χ1v) is 12.2. The third-order valence-electron chi connectivity index (χ3n) is 7.56. The maximum absolute atomic E-state index is 5.99. The largest absolute Gasteiger partial charge is 0.493 e. The van der Waals surface area contributed by atoms with Crippen molar-refractivity contribution in [3.63, 3.8) is 0 Å². The summed E-state index contributed by atoms with van der Waals surface area (Å²) in [7, 11) is 6.74. The highest BCUT2D eigenvalue weighted by Gasteiger charge is 2.33. The van der Waals surface area contributed by atoms with Crippen LogP contribution in [0.3, 0.4) is 0 Å². The zero-order valence-electron chi connectivity index (χ0n) is 21.1. The molecule has 0 amide bonds. The van der Waals surface area contributed by atoms with Crippen molar-refractivity contribution in [2.75, 3.05) is 35.2 Å².